The molecule has 148 valence electrons. The number of likely N-dealkylation sites (tertiary alicyclic amines) is 1. The number of nitrogens with zero attached hydrogens (tertiary/aromatic N) is 1. The third-order valence-electron chi connectivity index (χ3n) is 4.65. The number of amides is 2. The number of rotatable bonds is 3. The molecular formula is C19H15F5N2O2. The second-order valence-electron chi connectivity index (χ2n) is 6.52. The maximum Gasteiger partial charge on any atom is 0.416 e. The smallest absolute Gasteiger partial charge is 0.344 e. The molecule has 0 aliphatic carbocycles. The predicted molar refractivity (Wildman–Crippen MR) is 90.3 cm³/mol. The van der Waals surface area contributed by atoms with Crippen molar-refractivity contribution in [2.75, 3.05) is 18.9 Å². The molecule has 3 rings (SSSR count). The van der Waals surface area contributed by atoms with E-state index in [4.69, 9.17) is 0 Å². The minimum absolute atomic E-state index is 0.0177. The topological polar surface area (TPSA) is 49.4 Å². The van der Waals surface area contributed by atoms with E-state index < -0.39 is 52.7 Å². The number of nitrogens with one attached hydrogen (secondary N) is 1. The lowest BCUT2D eigenvalue weighted by molar-refractivity contribution is -0.137. The van der Waals surface area contributed by atoms with Gasteiger partial charge in [0.25, 0.3) is 0 Å². The Morgan fingerprint density at radius 1 is 1.14 bits per heavy atom. The molecule has 0 spiro atoms. The lowest BCUT2D eigenvalue weighted by Crippen LogP contribution is -2.33. The average Bonchev–Trinajstić information content (AvgIpc) is 2.93. The van der Waals surface area contributed by atoms with Crippen molar-refractivity contribution >= 4 is 17.5 Å². The first-order valence-electron chi connectivity index (χ1n) is 8.26. The van der Waals surface area contributed by atoms with Gasteiger partial charge in [0, 0.05) is 19.5 Å². The molecule has 1 heterocycles. The van der Waals surface area contributed by atoms with Gasteiger partial charge in [-0.1, -0.05) is 24.3 Å². The molecule has 0 radical (unpaired) electrons. The zero-order chi connectivity index (χ0) is 20.6. The first kappa shape index (κ1) is 19.8. The zero-order valence-corrected chi connectivity index (χ0v) is 14.6. The Balaban J connectivity index is 1.93. The lowest BCUT2D eigenvalue weighted by Gasteiger charge is -2.18. The van der Waals surface area contributed by atoms with Crippen molar-refractivity contribution in [1.82, 2.24) is 4.90 Å². The minimum atomic E-state index is -4.58. The zero-order valence-electron chi connectivity index (χ0n) is 14.6. The summed E-state index contributed by atoms with van der Waals surface area (Å²) < 4.78 is 66.2. The molecule has 2 unspecified atom stereocenters. The van der Waals surface area contributed by atoms with Crippen LogP contribution in [0.5, 0.6) is 0 Å². The molecular weight excluding hydrogens is 383 g/mol. The summed E-state index contributed by atoms with van der Waals surface area (Å²) in [6, 6.07) is 7.55. The highest BCUT2D eigenvalue weighted by atomic mass is 19.4. The molecule has 1 aliphatic heterocycles. The van der Waals surface area contributed by atoms with Gasteiger partial charge in [-0.25, -0.2) is 8.78 Å². The summed E-state index contributed by atoms with van der Waals surface area (Å²) >= 11 is 0. The molecule has 2 aromatic rings. The highest BCUT2D eigenvalue weighted by Gasteiger charge is 2.45. The lowest BCUT2D eigenvalue weighted by atomic mass is 9.87. The van der Waals surface area contributed by atoms with Crippen LogP contribution < -0.4 is 5.32 Å². The molecule has 4 nitrogen and oxygen atoms in total. The molecule has 0 aromatic heterocycles. The number of carbonyl (C=O) groups excluding carboxylic acids is 2. The van der Waals surface area contributed by atoms with E-state index >= 15 is 0 Å². The van der Waals surface area contributed by atoms with Crippen LogP contribution in [0.2, 0.25) is 0 Å². The molecule has 2 amide bonds. The van der Waals surface area contributed by atoms with Gasteiger partial charge in [-0.3, -0.25) is 9.59 Å². The minimum Gasteiger partial charge on any atom is -0.344 e. The van der Waals surface area contributed by atoms with E-state index in [1.54, 1.807) is 0 Å². The monoisotopic (exact) mass is 398 g/mol. The summed E-state index contributed by atoms with van der Waals surface area (Å²) in [5.41, 5.74) is -1.19. The van der Waals surface area contributed by atoms with Crippen molar-refractivity contribution in [3.63, 3.8) is 0 Å². The van der Waals surface area contributed by atoms with Crippen molar-refractivity contribution in [2.24, 2.45) is 5.92 Å². The Morgan fingerprint density at radius 3 is 2.50 bits per heavy atom. The summed E-state index contributed by atoms with van der Waals surface area (Å²) in [4.78, 5) is 26.3. The van der Waals surface area contributed by atoms with E-state index in [0.29, 0.717) is 0 Å². The van der Waals surface area contributed by atoms with Gasteiger partial charge in [0.2, 0.25) is 11.8 Å². The van der Waals surface area contributed by atoms with Gasteiger partial charge in [-0.05, 0) is 23.8 Å². The van der Waals surface area contributed by atoms with Crippen LogP contribution in [0.1, 0.15) is 17.0 Å². The van der Waals surface area contributed by atoms with Crippen molar-refractivity contribution in [2.45, 2.75) is 12.1 Å². The highest BCUT2D eigenvalue weighted by Crippen LogP contribution is 2.37. The quantitative estimate of drug-likeness (QED) is 0.632. The molecule has 2 aromatic carbocycles. The molecule has 1 fully saturated rings. The summed E-state index contributed by atoms with van der Waals surface area (Å²) in [7, 11) is 1.42. The summed E-state index contributed by atoms with van der Waals surface area (Å²) in [6.45, 7) is 0.0177. The van der Waals surface area contributed by atoms with Crippen LogP contribution in [0.3, 0.4) is 0 Å². The number of likely N-dealkylation sites (N-methyl/N-ethyl adjacent to an activating group) is 1. The van der Waals surface area contributed by atoms with Gasteiger partial charge in [0.1, 0.15) is 5.92 Å². The standard InChI is InChI=1S/C19H15F5N2O2/c1-26-9-12(10-4-2-5-11(8-10)19(22,23)24)15(18(26)28)17(27)25-14-7-3-6-13(20)16(14)21/h2-8,12,15H,9H2,1H3,(H,25,27). The van der Waals surface area contributed by atoms with Crippen molar-refractivity contribution in [3.8, 4) is 0 Å². The Morgan fingerprint density at radius 2 is 1.82 bits per heavy atom. The third kappa shape index (κ3) is 3.69. The van der Waals surface area contributed by atoms with Crippen LogP contribution in [-0.2, 0) is 15.8 Å². The van der Waals surface area contributed by atoms with Gasteiger partial charge in [-0.2, -0.15) is 13.2 Å². The molecule has 1 aliphatic rings. The Kier molecular flexibility index (Phi) is 5.10. The number of hydrogen-bond acceptors (Lipinski definition) is 2. The molecule has 1 saturated heterocycles. The van der Waals surface area contributed by atoms with Crippen molar-refractivity contribution < 1.29 is 31.5 Å². The Labute approximate surface area is 156 Å². The predicted octanol–water partition coefficient (Wildman–Crippen LogP) is 3.79. The maximum atomic E-state index is 13.8. The Hall–Kier alpha value is -2.97. The first-order chi connectivity index (χ1) is 13.1. The normalized spacial score (nSPS) is 19.8. The van der Waals surface area contributed by atoms with Crippen LogP contribution >= 0.6 is 0 Å². The van der Waals surface area contributed by atoms with E-state index in [9.17, 15) is 31.5 Å². The van der Waals surface area contributed by atoms with E-state index in [1.165, 1.54) is 30.1 Å². The third-order valence-corrected chi connectivity index (χ3v) is 4.65. The van der Waals surface area contributed by atoms with Crippen LogP contribution in [0.15, 0.2) is 42.5 Å². The fourth-order valence-corrected chi connectivity index (χ4v) is 3.25. The van der Waals surface area contributed by atoms with E-state index in [0.717, 1.165) is 24.3 Å². The average molecular weight is 398 g/mol. The molecule has 1 N–H and O–H groups in total. The number of anilines is 1. The molecule has 0 saturated carbocycles. The van der Waals surface area contributed by atoms with Crippen LogP contribution in [0, 0.1) is 17.6 Å². The van der Waals surface area contributed by atoms with Gasteiger partial charge in [0.05, 0.1) is 11.3 Å². The molecule has 9 heteroatoms. The van der Waals surface area contributed by atoms with Gasteiger partial charge < -0.3 is 10.2 Å². The highest BCUT2D eigenvalue weighted by molar-refractivity contribution is 6.08. The molecule has 0 bridgehead atoms. The first-order valence-corrected chi connectivity index (χ1v) is 8.26. The van der Waals surface area contributed by atoms with Crippen LogP contribution in [0.25, 0.3) is 0 Å². The van der Waals surface area contributed by atoms with E-state index in [2.05, 4.69) is 5.32 Å². The maximum absolute atomic E-state index is 13.8. The van der Waals surface area contributed by atoms with Crippen LogP contribution in [-0.4, -0.2) is 30.3 Å². The second kappa shape index (κ2) is 7.21. The second-order valence-corrected chi connectivity index (χ2v) is 6.52. The largest absolute Gasteiger partial charge is 0.416 e. The van der Waals surface area contributed by atoms with Crippen molar-refractivity contribution in [3.05, 3.63) is 65.2 Å². The van der Waals surface area contributed by atoms with E-state index in [-0.39, 0.29) is 12.1 Å². The molecule has 2 atom stereocenters. The Bertz CT molecular complexity index is 929. The molecule has 28 heavy (non-hydrogen) atoms. The van der Waals surface area contributed by atoms with Gasteiger partial charge in [-0.15, -0.1) is 0 Å². The SMILES string of the molecule is CN1CC(c2cccc(C(F)(F)F)c2)C(C(=O)Nc2cccc(F)c2F)C1=O. The van der Waals surface area contributed by atoms with Gasteiger partial charge in [0.15, 0.2) is 11.6 Å². The number of alkyl halides is 3. The summed E-state index contributed by atoms with van der Waals surface area (Å²) in [5.74, 6) is -6.22. The summed E-state index contributed by atoms with van der Waals surface area (Å²) in [6.07, 6.45) is -4.58. The van der Waals surface area contributed by atoms with E-state index in [1.807, 2.05) is 0 Å². The van der Waals surface area contributed by atoms with Gasteiger partial charge >= 0.3 is 6.18 Å². The number of carbonyl (C=O) groups is 2. The number of benzene rings is 2. The fourth-order valence-electron chi connectivity index (χ4n) is 3.25. The fraction of sp³-hybridized carbons (Fsp3) is 0.263. The van der Waals surface area contributed by atoms with Crippen molar-refractivity contribution in [1.29, 1.82) is 0 Å². The number of hydrogen-bond donors (Lipinski definition) is 1. The summed E-state index contributed by atoms with van der Waals surface area (Å²) in [5, 5.41) is 2.16. The number of halogens is 5. The van der Waals surface area contributed by atoms with Crippen LogP contribution in [0.4, 0.5) is 27.6 Å².